The van der Waals surface area contributed by atoms with Crippen LogP contribution in [0.1, 0.15) is 64.1 Å². The molecule has 0 bridgehead atoms. The van der Waals surface area contributed by atoms with Gasteiger partial charge in [-0.25, -0.2) is 0 Å². The van der Waals surface area contributed by atoms with E-state index in [4.69, 9.17) is 0 Å². The molecule has 0 radical (unpaired) electrons. The van der Waals surface area contributed by atoms with E-state index in [-0.39, 0.29) is 0 Å². The average Bonchev–Trinajstić information content (AvgIpc) is 2.43. The molecule has 1 aromatic carbocycles. The monoisotopic (exact) mass is 276 g/mol. The summed E-state index contributed by atoms with van der Waals surface area (Å²) in [7, 11) is 2.06. The first kappa shape index (κ1) is 17.2. The largest absolute Gasteiger partial charge is 0.312 e. The van der Waals surface area contributed by atoms with Crippen LogP contribution in [0.3, 0.4) is 0 Å². The van der Waals surface area contributed by atoms with E-state index < -0.39 is 0 Å². The Kier molecular flexibility index (Phi) is 7.25. The van der Waals surface area contributed by atoms with Crippen LogP contribution in [-0.4, -0.2) is 31.1 Å². The Morgan fingerprint density at radius 1 is 1.00 bits per heavy atom. The molecule has 2 heteroatoms. The number of rotatable bonds is 8. The molecule has 0 spiro atoms. The zero-order valence-corrected chi connectivity index (χ0v) is 14.1. The quantitative estimate of drug-likeness (QED) is 0.766. The van der Waals surface area contributed by atoms with Crippen molar-refractivity contribution in [3.8, 4) is 0 Å². The minimum atomic E-state index is 0.408. The first-order valence-electron chi connectivity index (χ1n) is 8.00. The van der Waals surface area contributed by atoms with Crippen molar-refractivity contribution in [1.82, 2.24) is 10.2 Å². The van der Waals surface area contributed by atoms with Crippen molar-refractivity contribution in [2.75, 3.05) is 20.1 Å². The molecule has 20 heavy (non-hydrogen) atoms. The van der Waals surface area contributed by atoms with E-state index in [0.717, 1.165) is 6.54 Å². The van der Waals surface area contributed by atoms with E-state index in [1.807, 2.05) is 0 Å². The van der Waals surface area contributed by atoms with Gasteiger partial charge in [-0.2, -0.15) is 0 Å². The molecule has 0 saturated carbocycles. The first-order chi connectivity index (χ1) is 9.49. The third-order valence-corrected chi connectivity index (χ3v) is 4.01. The molecule has 1 atom stereocenters. The molecular formula is C18H32N2. The van der Waals surface area contributed by atoms with Crippen LogP contribution in [-0.2, 0) is 0 Å². The van der Waals surface area contributed by atoms with Gasteiger partial charge in [0.2, 0.25) is 0 Å². The molecule has 0 aromatic heterocycles. The molecule has 0 fully saturated rings. The van der Waals surface area contributed by atoms with Gasteiger partial charge in [0.1, 0.15) is 0 Å². The lowest BCUT2D eigenvalue weighted by atomic mass is 9.98. The van der Waals surface area contributed by atoms with Crippen molar-refractivity contribution >= 4 is 0 Å². The molecule has 0 amide bonds. The van der Waals surface area contributed by atoms with Crippen molar-refractivity contribution in [2.45, 2.75) is 59.0 Å². The maximum Gasteiger partial charge on any atom is 0.0446 e. The van der Waals surface area contributed by atoms with Gasteiger partial charge in [0.05, 0.1) is 0 Å². The molecule has 0 aliphatic rings. The third kappa shape index (κ3) is 4.92. The van der Waals surface area contributed by atoms with E-state index in [1.54, 1.807) is 0 Å². The second-order valence-electron chi connectivity index (χ2n) is 6.25. The highest BCUT2D eigenvalue weighted by Crippen LogP contribution is 2.20. The fraction of sp³-hybridized carbons (Fsp3) is 0.667. The summed E-state index contributed by atoms with van der Waals surface area (Å²) >= 11 is 0. The maximum atomic E-state index is 3.47. The Hall–Kier alpha value is -0.860. The standard InChI is InChI=1S/C18H32N2/c1-7-12-20(15(4)5)13-18(19-6)17-10-8-16(9-11-17)14(2)3/h8-11,14-15,18-19H,7,12-13H2,1-6H3. The molecule has 1 aromatic rings. The van der Waals surface area contributed by atoms with Gasteiger partial charge >= 0.3 is 0 Å². The van der Waals surface area contributed by atoms with Gasteiger partial charge in [0.25, 0.3) is 0 Å². The van der Waals surface area contributed by atoms with Crippen LogP contribution in [0, 0.1) is 0 Å². The molecule has 0 aliphatic carbocycles. The predicted molar refractivity (Wildman–Crippen MR) is 89.3 cm³/mol. The van der Waals surface area contributed by atoms with Gasteiger partial charge in [-0.1, -0.05) is 45.0 Å². The normalized spacial score (nSPS) is 13.4. The molecule has 0 saturated heterocycles. The number of hydrogen-bond acceptors (Lipinski definition) is 2. The minimum absolute atomic E-state index is 0.408. The van der Waals surface area contributed by atoms with Gasteiger partial charge in [0.15, 0.2) is 0 Å². The zero-order chi connectivity index (χ0) is 15.1. The summed E-state index contributed by atoms with van der Waals surface area (Å²) in [5.41, 5.74) is 2.80. The molecule has 0 heterocycles. The fourth-order valence-electron chi connectivity index (χ4n) is 2.56. The van der Waals surface area contributed by atoms with Crippen LogP contribution in [0.2, 0.25) is 0 Å². The Labute approximate surface area is 125 Å². The van der Waals surface area contributed by atoms with Crippen LogP contribution in [0.5, 0.6) is 0 Å². The fourth-order valence-corrected chi connectivity index (χ4v) is 2.56. The topological polar surface area (TPSA) is 15.3 Å². The van der Waals surface area contributed by atoms with E-state index in [0.29, 0.717) is 18.0 Å². The zero-order valence-electron chi connectivity index (χ0n) is 14.1. The molecule has 1 N–H and O–H groups in total. The summed E-state index contributed by atoms with van der Waals surface area (Å²) in [6.07, 6.45) is 1.21. The average molecular weight is 276 g/mol. The van der Waals surface area contributed by atoms with Crippen molar-refractivity contribution in [3.63, 3.8) is 0 Å². The van der Waals surface area contributed by atoms with E-state index in [2.05, 4.69) is 76.1 Å². The second kappa shape index (κ2) is 8.43. The van der Waals surface area contributed by atoms with Gasteiger partial charge in [-0.15, -0.1) is 0 Å². The molecule has 114 valence electrons. The van der Waals surface area contributed by atoms with Gasteiger partial charge in [-0.3, -0.25) is 4.90 Å². The Bertz CT molecular complexity index is 368. The van der Waals surface area contributed by atoms with E-state index >= 15 is 0 Å². The molecule has 0 aliphatic heterocycles. The Balaban J connectivity index is 2.78. The highest BCUT2D eigenvalue weighted by atomic mass is 15.2. The van der Waals surface area contributed by atoms with Crippen molar-refractivity contribution in [2.24, 2.45) is 0 Å². The summed E-state index contributed by atoms with van der Waals surface area (Å²) < 4.78 is 0. The SMILES string of the molecule is CCCN(CC(NC)c1ccc(C(C)C)cc1)C(C)C. The Morgan fingerprint density at radius 3 is 1.95 bits per heavy atom. The smallest absolute Gasteiger partial charge is 0.0446 e. The Morgan fingerprint density at radius 2 is 1.55 bits per heavy atom. The summed E-state index contributed by atoms with van der Waals surface area (Å²) in [5.74, 6) is 0.601. The highest BCUT2D eigenvalue weighted by molar-refractivity contribution is 5.27. The molecule has 2 nitrogen and oxygen atoms in total. The highest BCUT2D eigenvalue weighted by Gasteiger charge is 2.16. The van der Waals surface area contributed by atoms with Crippen molar-refractivity contribution in [1.29, 1.82) is 0 Å². The molecule has 1 unspecified atom stereocenters. The molecular weight excluding hydrogens is 244 g/mol. The van der Waals surface area contributed by atoms with Crippen molar-refractivity contribution in [3.05, 3.63) is 35.4 Å². The lowest BCUT2D eigenvalue weighted by Crippen LogP contribution is -2.38. The maximum absolute atomic E-state index is 3.47. The van der Waals surface area contributed by atoms with Crippen molar-refractivity contribution < 1.29 is 0 Å². The number of hydrogen-bond donors (Lipinski definition) is 1. The summed E-state index contributed by atoms with van der Waals surface area (Å²) in [6.45, 7) is 13.5. The lowest BCUT2D eigenvalue weighted by molar-refractivity contribution is 0.200. The third-order valence-electron chi connectivity index (χ3n) is 4.01. The molecule has 1 rings (SSSR count). The number of benzene rings is 1. The second-order valence-corrected chi connectivity index (χ2v) is 6.25. The first-order valence-corrected chi connectivity index (χ1v) is 8.00. The summed E-state index contributed by atoms with van der Waals surface area (Å²) in [5, 5.41) is 3.47. The van der Waals surface area contributed by atoms with Gasteiger partial charge in [0, 0.05) is 18.6 Å². The van der Waals surface area contributed by atoms with Gasteiger partial charge < -0.3 is 5.32 Å². The lowest BCUT2D eigenvalue weighted by Gasteiger charge is -2.30. The summed E-state index contributed by atoms with van der Waals surface area (Å²) in [6, 6.07) is 10.1. The van der Waals surface area contributed by atoms with Crippen LogP contribution in [0.25, 0.3) is 0 Å². The number of nitrogens with one attached hydrogen (secondary N) is 1. The van der Waals surface area contributed by atoms with Crippen LogP contribution in [0.15, 0.2) is 24.3 Å². The summed E-state index contributed by atoms with van der Waals surface area (Å²) in [4.78, 5) is 2.55. The number of likely N-dealkylation sites (N-methyl/N-ethyl adjacent to an activating group) is 1. The predicted octanol–water partition coefficient (Wildman–Crippen LogP) is 4.19. The van der Waals surface area contributed by atoms with Crippen LogP contribution >= 0.6 is 0 Å². The van der Waals surface area contributed by atoms with Crippen LogP contribution in [0.4, 0.5) is 0 Å². The minimum Gasteiger partial charge on any atom is -0.312 e. The van der Waals surface area contributed by atoms with E-state index in [1.165, 1.54) is 24.1 Å². The van der Waals surface area contributed by atoms with E-state index in [9.17, 15) is 0 Å². The van der Waals surface area contributed by atoms with Crippen LogP contribution < -0.4 is 5.32 Å². The number of nitrogens with zero attached hydrogens (tertiary/aromatic N) is 1. The van der Waals surface area contributed by atoms with Gasteiger partial charge in [-0.05, 0) is 50.9 Å².